The number of ether oxygens (including phenoxy) is 2. The van der Waals surface area contributed by atoms with E-state index in [1.165, 1.54) is 12.8 Å². The van der Waals surface area contributed by atoms with Crippen molar-refractivity contribution in [2.75, 3.05) is 55.5 Å². The monoisotopic (exact) mass is 537 g/mol. The van der Waals surface area contributed by atoms with Crippen LogP contribution in [0.25, 0.3) is 0 Å². The summed E-state index contributed by atoms with van der Waals surface area (Å²) >= 11 is 0. The van der Waals surface area contributed by atoms with Crippen molar-refractivity contribution >= 4 is 35.0 Å². The number of methoxy groups -OCH3 is 1. The Balaban J connectivity index is 1.29. The van der Waals surface area contributed by atoms with Crippen LogP contribution in [0.2, 0.25) is 0 Å². The van der Waals surface area contributed by atoms with Crippen molar-refractivity contribution in [1.82, 2.24) is 20.2 Å². The molecule has 2 N–H and O–H groups in total. The van der Waals surface area contributed by atoms with Crippen molar-refractivity contribution in [1.29, 1.82) is 0 Å². The summed E-state index contributed by atoms with van der Waals surface area (Å²) in [4.78, 5) is 41.2. The number of rotatable bonds is 8. The molecule has 0 bridgehead atoms. The van der Waals surface area contributed by atoms with Gasteiger partial charge >= 0.3 is 0 Å². The summed E-state index contributed by atoms with van der Waals surface area (Å²) in [7, 11) is 3.32. The van der Waals surface area contributed by atoms with Crippen LogP contribution in [-0.2, 0) is 9.53 Å². The molecule has 0 aliphatic carbocycles. The smallest absolute Gasteiger partial charge is 0.251 e. The van der Waals surface area contributed by atoms with E-state index in [0.717, 1.165) is 19.7 Å². The Morgan fingerprint density at radius 1 is 1.31 bits per heavy atom. The molecule has 1 aromatic carbocycles. The number of nitrogens with zero attached hydrogens (tertiary/aromatic N) is 5. The standard InChI is InChI=1S/C28H39N7O4/c1-6-22-27(37)33(4)23-14-30-28(32-25(23)35(22)17(2)3)31-21-10-9-18(12-24(21)38-5)26(36)29-13-20-15-34-11-7-8-19(34)16-39-20/h9-10,12,14,17,19-20,22H,6-8,11,13,15-16H2,1-5H3,(H,29,36)(H,30,31,32). The van der Waals surface area contributed by atoms with Gasteiger partial charge in [-0.25, -0.2) is 4.98 Å². The van der Waals surface area contributed by atoms with Crippen LogP contribution in [-0.4, -0.2) is 91.3 Å². The molecule has 0 radical (unpaired) electrons. The molecule has 0 spiro atoms. The van der Waals surface area contributed by atoms with E-state index < -0.39 is 0 Å². The summed E-state index contributed by atoms with van der Waals surface area (Å²) in [5, 5.41) is 6.24. The van der Waals surface area contributed by atoms with Gasteiger partial charge in [-0.05, 0) is 57.9 Å². The number of fused-ring (bicyclic) bond motifs is 2. The lowest BCUT2D eigenvalue weighted by Gasteiger charge is -2.42. The first-order chi connectivity index (χ1) is 18.8. The molecule has 0 saturated carbocycles. The normalized spacial score (nSPS) is 23.0. The minimum Gasteiger partial charge on any atom is -0.495 e. The number of morpholine rings is 1. The van der Waals surface area contributed by atoms with E-state index in [9.17, 15) is 9.59 Å². The van der Waals surface area contributed by atoms with Crippen molar-refractivity contribution in [3.05, 3.63) is 30.0 Å². The van der Waals surface area contributed by atoms with Gasteiger partial charge in [0, 0.05) is 37.8 Å². The minimum atomic E-state index is -0.284. The van der Waals surface area contributed by atoms with Gasteiger partial charge in [0.25, 0.3) is 5.91 Å². The summed E-state index contributed by atoms with van der Waals surface area (Å²) in [6.07, 6.45) is 4.75. The van der Waals surface area contributed by atoms with Gasteiger partial charge in [0.05, 0.1) is 31.7 Å². The van der Waals surface area contributed by atoms with Gasteiger partial charge in [-0.2, -0.15) is 4.98 Å². The molecule has 39 heavy (non-hydrogen) atoms. The number of anilines is 4. The van der Waals surface area contributed by atoms with E-state index in [0.29, 0.717) is 53.5 Å². The highest BCUT2D eigenvalue weighted by Crippen LogP contribution is 2.37. The Morgan fingerprint density at radius 3 is 2.87 bits per heavy atom. The molecule has 1 aromatic heterocycles. The maximum Gasteiger partial charge on any atom is 0.251 e. The molecule has 5 rings (SSSR count). The van der Waals surface area contributed by atoms with Crippen molar-refractivity contribution in [2.45, 2.75) is 64.3 Å². The van der Waals surface area contributed by atoms with E-state index in [2.05, 4.69) is 39.3 Å². The van der Waals surface area contributed by atoms with E-state index in [4.69, 9.17) is 14.5 Å². The summed E-state index contributed by atoms with van der Waals surface area (Å²) in [5.41, 5.74) is 1.80. The lowest BCUT2D eigenvalue weighted by atomic mass is 10.1. The van der Waals surface area contributed by atoms with Gasteiger partial charge in [-0.1, -0.05) is 6.92 Å². The SMILES string of the molecule is CCC1C(=O)N(C)c2cnc(Nc3ccc(C(=O)NCC4CN5CCCC5CO4)cc3OC)nc2N1C(C)C. The van der Waals surface area contributed by atoms with Crippen molar-refractivity contribution in [3.63, 3.8) is 0 Å². The number of amides is 2. The first-order valence-corrected chi connectivity index (χ1v) is 13.8. The summed E-state index contributed by atoms with van der Waals surface area (Å²) in [6, 6.07) is 5.56. The third-order valence-corrected chi connectivity index (χ3v) is 7.91. The number of hydrogen-bond acceptors (Lipinski definition) is 9. The lowest BCUT2D eigenvalue weighted by molar-refractivity contribution is -0.120. The zero-order valence-electron chi connectivity index (χ0n) is 23.4. The minimum absolute atomic E-state index is 0.000609. The van der Waals surface area contributed by atoms with Crippen LogP contribution in [0.15, 0.2) is 24.4 Å². The Hall–Kier alpha value is -3.44. The molecule has 2 saturated heterocycles. The molecule has 2 aromatic rings. The van der Waals surface area contributed by atoms with Gasteiger partial charge in [-0.15, -0.1) is 0 Å². The fourth-order valence-electron chi connectivity index (χ4n) is 5.81. The van der Waals surface area contributed by atoms with Gasteiger partial charge in [-0.3, -0.25) is 14.5 Å². The van der Waals surface area contributed by atoms with Crippen LogP contribution in [0, 0.1) is 0 Å². The van der Waals surface area contributed by atoms with Crippen molar-refractivity contribution in [3.8, 4) is 5.75 Å². The quantitative estimate of drug-likeness (QED) is 0.525. The summed E-state index contributed by atoms with van der Waals surface area (Å²) in [5.74, 6) is 1.44. The first-order valence-electron chi connectivity index (χ1n) is 13.8. The van der Waals surface area contributed by atoms with Crippen LogP contribution in [0.1, 0.15) is 50.4 Å². The molecule has 3 aliphatic rings. The number of aromatic nitrogens is 2. The maximum atomic E-state index is 12.9. The third-order valence-electron chi connectivity index (χ3n) is 7.91. The highest BCUT2D eigenvalue weighted by atomic mass is 16.5. The Kier molecular flexibility index (Phi) is 7.90. The highest BCUT2D eigenvalue weighted by molar-refractivity contribution is 6.04. The molecule has 2 fully saturated rings. The average Bonchev–Trinajstić information content (AvgIpc) is 3.41. The van der Waals surface area contributed by atoms with Crippen LogP contribution in [0.5, 0.6) is 5.75 Å². The third kappa shape index (κ3) is 5.38. The zero-order chi connectivity index (χ0) is 27.7. The molecule has 3 unspecified atom stereocenters. The second kappa shape index (κ2) is 11.4. The molecule has 3 atom stereocenters. The molecule has 210 valence electrons. The molecule has 3 aliphatic heterocycles. The molecule has 4 heterocycles. The van der Waals surface area contributed by atoms with Crippen LogP contribution >= 0.6 is 0 Å². The molecule has 11 nitrogen and oxygen atoms in total. The zero-order valence-corrected chi connectivity index (χ0v) is 23.4. The second-order valence-corrected chi connectivity index (χ2v) is 10.7. The second-order valence-electron chi connectivity index (χ2n) is 10.7. The highest BCUT2D eigenvalue weighted by Gasteiger charge is 2.38. The molecule has 2 amide bonds. The average molecular weight is 538 g/mol. The maximum absolute atomic E-state index is 12.9. The lowest BCUT2D eigenvalue weighted by Crippen LogP contribution is -2.54. The summed E-state index contributed by atoms with van der Waals surface area (Å²) in [6.45, 7) is 9.28. The number of benzene rings is 1. The van der Waals surface area contributed by atoms with E-state index >= 15 is 0 Å². The fourth-order valence-corrected chi connectivity index (χ4v) is 5.81. The van der Waals surface area contributed by atoms with Crippen LogP contribution in [0.3, 0.4) is 0 Å². The first kappa shape index (κ1) is 27.1. The Morgan fingerprint density at radius 2 is 2.13 bits per heavy atom. The Labute approximate surface area is 229 Å². The fraction of sp³-hybridized carbons (Fsp3) is 0.571. The van der Waals surface area contributed by atoms with E-state index in [1.807, 2.05) is 6.92 Å². The van der Waals surface area contributed by atoms with Crippen molar-refractivity contribution < 1.29 is 19.1 Å². The molecular formula is C28H39N7O4. The number of nitrogens with one attached hydrogen (secondary N) is 2. The number of carbonyl (C=O) groups excluding carboxylic acids is 2. The predicted molar refractivity (Wildman–Crippen MR) is 150 cm³/mol. The van der Waals surface area contributed by atoms with Gasteiger partial charge in [0.2, 0.25) is 11.9 Å². The van der Waals surface area contributed by atoms with Crippen LogP contribution in [0.4, 0.5) is 23.1 Å². The van der Waals surface area contributed by atoms with E-state index in [-0.39, 0.29) is 30.0 Å². The van der Waals surface area contributed by atoms with Gasteiger partial charge in [0.15, 0.2) is 5.82 Å². The topological polar surface area (TPSA) is 112 Å². The number of hydrogen-bond donors (Lipinski definition) is 2. The largest absolute Gasteiger partial charge is 0.495 e. The van der Waals surface area contributed by atoms with E-state index in [1.54, 1.807) is 43.5 Å². The number of likely N-dealkylation sites (N-methyl/N-ethyl adjacent to an activating group) is 1. The van der Waals surface area contributed by atoms with Gasteiger partial charge in [0.1, 0.15) is 17.5 Å². The number of carbonyl (C=O) groups is 2. The molecular weight excluding hydrogens is 498 g/mol. The molecule has 11 heteroatoms. The summed E-state index contributed by atoms with van der Waals surface area (Å²) < 4.78 is 11.6. The van der Waals surface area contributed by atoms with Gasteiger partial charge < -0.3 is 29.9 Å². The van der Waals surface area contributed by atoms with Crippen LogP contribution < -0.4 is 25.2 Å². The predicted octanol–water partition coefficient (Wildman–Crippen LogP) is 2.79. The Bertz CT molecular complexity index is 1220. The van der Waals surface area contributed by atoms with Crippen molar-refractivity contribution in [2.24, 2.45) is 0 Å².